The Morgan fingerprint density at radius 1 is 1.47 bits per heavy atom. The second-order valence-corrected chi connectivity index (χ2v) is 4.82. The number of nitrogens with zero attached hydrogens (tertiary/aromatic N) is 1. The lowest BCUT2D eigenvalue weighted by molar-refractivity contribution is -0.384. The minimum Gasteiger partial charge on any atom is -0.348 e. The maximum Gasteiger partial charge on any atom is 0.269 e. The third-order valence-electron chi connectivity index (χ3n) is 3.04. The highest BCUT2D eigenvalue weighted by atomic mass is 16.6. The molecule has 0 aliphatic carbocycles. The number of carbonyl (C=O) groups is 1. The lowest BCUT2D eigenvalue weighted by Crippen LogP contribution is -2.43. The molecule has 3 N–H and O–H groups in total. The molecule has 6 nitrogen and oxygen atoms in total. The van der Waals surface area contributed by atoms with Crippen molar-refractivity contribution in [1.82, 2.24) is 5.32 Å². The maximum atomic E-state index is 12.1. The number of aryl methyl sites for hydroxylation is 1. The zero-order chi connectivity index (χ0) is 14.6. The number of hydrogen-bond acceptors (Lipinski definition) is 4. The Morgan fingerprint density at radius 3 is 2.53 bits per heavy atom. The van der Waals surface area contributed by atoms with Gasteiger partial charge in [-0.05, 0) is 24.5 Å². The van der Waals surface area contributed by atoms with Crippen molar-refractivity contribution in [2.45, 2.75) is 26.8 Å². The van der Waals surface area contributed by atoms with Gasteiger partial charge in [-0.2, -0.15) is 0 Å². The van der Waals surface area contributed by atoms with Crippen LogP contribution in [0.2, 0.25) is 0 Å². The van der Waals surface area contributed by atoms with Crippen LogP contribution in [0.1, 0.15) is 29.8 Å². The predicted octanol–water partition coefficient (Wildman–Crippen LogP) is 1.62. The van der Waals surface area contributed by atoms with E-state index >= 15 is 0 Å². The molecule has 0 heterocycles. The lowest BCUT2D eigenvalue weighted by Gasteiger charge is -2.20. The molecule has 1 aromatic rings. The number of non-ortho nitro benzene ring substituents is 1. The fourth-order valence-electron chi connectivity index (χ4n) is 1.76. The zero-order valence-electron chi connectivity index (χ0n) is 11.3. The average Bonchev–Trinajstić information content (AvgIpc) is 2.34. The number of benzene rings is 1. The molecule has 1 rings (SSSR count). The first kappa shape index (κ1) is 15.1. The van der Waals surface area contributed by atoms with Crippen molar-refractivity contribution in [1.29, 1.82) is 0 Å². The highest BCUT2D eigenvalue weighted by Crippen LogP contribution is 2.17. The molecule has 0 radical (unpaired) electrons. The van der Waals surface area contributed by atoms with Crippen LogP contribution in [0.25, 0.3) is 0 Å². The molecule has 1 atom stereocenters. The van der Waals surface area contributed by atoms with Crippen molar-refractivity contribution in [3.05, 3.63) is 39.4 Å². The van der Waals surface area contributed by atoms with Gasteiger partial charge in [-0.15, -0.1) is 0 Å². The second kappa shape index (κ2) is 6.29. The molecule has 0 fully saturated rings. The van der Waals surface area contributed by atoms with Gasteiger partial charge < -0.3 is 11.1 Å². The number of rotatable bonds is 5. The van der Waals surface area contributed by atoms with Crippen LogP contribution in [0.3, 0.4) is 0 Å². The Hall–Kier alpha value is -1.95. The first-order valence-corrected chi connectivity index (χ1v) is 6.12. The van der Waals surface area contributed by atoms with Gasteiger partial charge in [-0.1, -0.05) is 13.8 Å². The Morgan fingerprint density at radius 2 is 2.11 bits per heavy atom. The third kappa shape index (κ3) is 3.75. The highest BCUT2D eigenvalue weighted by Gasteiger charge is 2.18. The fourth-order valence-corrected chi connectivity index (χ4v) is 1.76. The van der Waals surface area contributed by atoms with Gasteiger partial charge in [0.1, 0.15) is 0 Å². The summed E-state index contributed by atoms with van der Waals surface area (Å²) in [6.07, 6.45) is 0. The SMILES string of the molecule is Cc1cc([N+](=O)[O-])ccc1C(=O)NC(CN)C(C)C. The van der Waals surface area contributed by atoms with E-state index in [0.29, 0.717) is 17.7 Å². The van der Waals surface area contributed by atoms with E-state index in [4.69, 9.17) is 5.73 Å². The van der Waals surface area contributed by atoms with E-state index in [1.165, 1.54) is 18.2 Å². The van der Waals surface area contributed by atoms with Gasteiger partial charge in [0.05, 0.1) is 4.92 Å². The van der Waals surface area contributed by atoms with Crippen molar-refractivity contribution < 1.29 is 9.72 Å². The van der Waals surface area contributed by atoms with Crippen LogP contribution in [-0.4, -0.2) is 23.4 Å². The van der Waals surface area contributed by atoms with Gasteiger partial charge in [0.25, 0.3) is 11.6 Å². The molecule has 0 aromatic heterocycles. The molecular formula is C13H19N3O3. The van der Waals surface area contributed by atoms with Crippen molar-refractivity contribution in [2.24, 2.45) is 11.7 Å². The summed E-state index contributed by atoms with van der Waals surface area (Å²) < 4.78 is 0. The van der Waals surface area contributed by atoms with Gasteiger partial charge in [0.2, 0.25) is 0 Å². The molecule has 1 aromatic carbocycles. The summed E-state index contributed by atoms with van der Waals surface area (Å²) in [4.78, 5) is 22.2. The number of nitro groups is 1. The van der Waals surface area contributed by atoms with Crippen molar-refractivity contribution in [2.75, 3.05) is 6.54 Å². The predicted molar refractivity (Wildman–Crippen MR) is 73.0 cm³/mol. The molecule has 0 aliphatic heterocycles. The molecule has 0 bridgehead atoms. The second-order valence-electron chi connectivity index (χ2n) is 4.82. The normalized spacial score (nSPS) is 12.3. The zero-order valence-corrected chi connectivity index (χ0v) is 11.3. The lowest BCUT2D eigenvalue weighted by atomic mass is 10.0. The highest BCUT2D eigenvalue weighted by molar-refractivity contribution is 5.96. The summed E-state index contributed by atoms with van der Waals surface area (Å²) >= 11 is 0. The van der Waals surface area contributed by atoms with Crippen LogP contribution in [-0.2, 0) is 0 Å². The summed E-state index contributed by atoms with van der Waals surface area (Å²) in [6, 6.07) is 4.08. The van der Waals surface area contributed by atoms with Crippen LogP contribution >= 0.6 is 0 Å². The molecule has 0 saturated carbocycles. The van der Waals surface area contributed by atoms with E-state index in [0.717, 1.165) is 0 Å². The first-order chi connectivity index (χ1) is 8.86. The number of nitrogens with one attached hydrogen (secondary N) is 1. The van der Waals surface area contributed by atoms with Gasteiger partial charge in [0.15, 0.2) is 0 Å². The molecule has 1 amide bonds. The number of carbonyl (C=O) groups excluding carboxylic acids is 1. The summed E-state index contributed by atoms with van der Waals surface area (Å²) in [7, 11) is 0. The van der Waals surface area contributed by atoms with E-state index in [9.17, 15) is 14.9 Å². The van der Waals surface area contributed by atoms with Crippen LogP contribution in [0.15, 0.2) is 18.2 Å². The van der Waals surface area contributed by atoms with Crippen LogP contribution < -0.4 is 11.1 Å². The Bertz CT molecular complexity index is 486. The minimum absolute atomic E-state index is 0.0201. The largest absolute Gasteiger partial charge is 0.348 e. The molecule has 104 valence electrons. The Balaban J connectivity index is 2.91. The quantitative estimate of drug-likeness (QED) is 0.624. The van der Waals surface area contributed by atoms with Crippen LogP contribution in [0, 0.1) is 23.0 Å². The molecule has 19 heavy (non-hydrogen) atoms. The van der Waals surface area contributed by atoms with Crippen molar-refractivity contribution >= 4 is 11.6 Å². The average molecular weight is 265 g/mol. The maximum absolute atomic E-state index is 12.1. The summed E-state index contributed by atoms with van der Waals surface area (Å²) in [5.41, 5.74) is 6.59. The van der Waals surface area contributed by atoms with Crippen molar-refractivity contribution in [3.8, 4) is 0 Å². The van der Waals surface area contributed by atoms with Gasteiger partial charge in [0, 0.05) is 30.3 Å². The Kier molecular flexibility index (Phi) is 5.00. The van der Waals surface area contributed by atoms with Gasteiger partial charge in [-0.25, -0.2) is 0 Å². The van der Waals surface area contributed by atoms with Gasteiger partial charge >= 0.3 is 0 Å². The molecular weight excluding hydrogens is 246 g/mol. The van der Waals surface area contributed by atoms with Gasteiger partial charge in [-0.3, -0.25) is 14.9 Å². The smallest absolute Gasteiger partial charge is 0.269 e. The van der Waals surface area contributed by atoms with Crippen LogP contribution in [0.4, 0.5) is 5.69 Å². The molecule has 0 aliphatic rings. The number of amides is 1. The molecule has 1 unspecified atom stereocenters. The van der Waals surface area contributed by atoms with E-state index in [2.05, 4.69) is 5.32 Å². The number of nitro benzene ring substituents is 1. The summed E-state index contributed by atoms with van der Waals surface area (Å²) in [6.45, 7) is 5.98. The first-order valence-electron chi connectivity index (χ1n) is 6.12. The topological polar surface area (TPSA) is 98.3 Å². The van der Waals surface area contributed by atoms with E-state index in [1.54, 1.807) is 6.92 Å². The number of nitrogens with two attached hydrogens (primary N) is 1. The molecule has 0 spiro atoms. The third-order valence-corrected chi connectivity index (χ3v) is 3.04. The monoisotopic (exact) mass is 265 g/mol. The Labute approximate surface area is 112 Å². The molecule has 6 heteroatoms. The summed E-state index contributed by atoms with van der Waals surface area (Å²) in [5, 5.41) is 13.5. The van der Waals surface area contributed by atoms with Crippen molar-refractivity contribution in [3.63, 3.8) is 0 Å². The van der Waals surface area contributed by atoms with E-state index in [-0.39, 0.29) is 23.6 Å². The minimum atomic E-state index is -0.481. The van der Waals surface area contributed by atoms with E-state index in [1.807, 2.05) is 13.8 Å². The number of hydrogen-bond donors (Lipinski definition) is 2. The fraction of sp³-hybridized carbons (Fsp3) is 0.462. The molecule has 0 saturated heterocycles. The standard InChI is InChI=1S/C13H19N3O3/c1-8(2)12(7-14)15-13(17)11-5-4-10(16(18)19)6-9(11)3/h4-6,8,12H,7,14H2,1-3H3,(H,15,17). The van der Waals surface area contributed by atoms with Crippen LogP contribution in [0.5, 0.6) is 0 Å². The summed E-state index contributed by atoms with van der Waals surface area (Å²) in [5.74, 6) is -0.0242. The van der Waals surface area contributed by atoms with E-state index < -0.39 is 4.92 Å².